The van der Waals surface area contributed by atoms with Gasteiger partial charge in [0.15, 0.2) is 12.2 Å². The molecule has 0 aliphatic heterocycles. The first-order valence-corrected chi connectivity index (χ1v) is 9.59. The first kappa shape index (κ1) is 20.4. The highest BCUT2D eigenvalue weighted by Crippen LogP contribution is 2.24. The van der Waals surface area contributed by atoms with Gasteiger partial charge in [-0.15, -0.1) is 0 Å². The van der Waals surface area contributed by atoms with Crippen molar-refractivity contribution in [3.63, 3.8) is 0 Å². The minimum absolute atomic E-state index is 0.0967. The number of amides is 1. The Kier molecular flexibility index (Phi) is 5.59. The molecule has 11 heteroatoms. The number of rotatable bonds is 6. The number of hydrogen-bond donors (Lipinski definition) is 2. The van der Waals surface area contributed by atoms with Crippen molar-refractivity contribution in [2.24, 2.45) is 0 Å². The third-order valence-electron chi connectivity index (χ3n) is 3.71. The molecule has 29 heavy (non-hydrogen) atoms. The molecule has 3 aromatic rings. The Hall–Kier alpha value is -3.34. The second kappa shape index (κ2) is 7.95. The predicted molar refractivity (Wildman–Crippen MR) is 97.6 cm³/mol. The van der Waals surface area contributed by atoms with Gasteiger partial charge in [0.25, 0.3) is 15.9 Å². The van der Waals surface area contributed by atoms with E-state index in [-0.39, 0.29) is 16.1 Å². The van der Waals surface area contributed by atoms with E-state index in [1.165, 1.54) is 18.7 Å². The number of sulfonamides is 1. The zero-order chi connectivity index (χ0) is 21.1. The van der Waals surface area contributed by atoms with E-state index in [0.29, 0.717) is 11.3 Å². The fourth-order valence-corrected chi connectivity index (χ4v) is 3.43. The maximum Gasteiger partial charge on any atom is 0.405 e. The SMILES string of the molecule is O=C(NCC(F)(F)F)c1ccc(S(=O)(=O)Nc2cccc(-c3cnco3)c2)cc1. The lowest BCUT2D eigenvalue weighted by molar-refractivity contribution is -0.123. The summed E-state index contributed by atoms with van der Waals surface area (Å²) in [6.45, 7) is -1.48. The molecule has 3 rings (SSSR count). The molecule has 1 amide bonds. The third-order valence-corrected chi connectivity index (χ3v) is 5.11. The van der Waals surface area contributed by atoms with E-state index in [9.17, 15) is 26.4 Å². The summed E-state index contributed by atoms with van der Waals surface area (Å²) < 4.78 is 69.1. The van der Waals surface area contributed by atoms with E-state index in [2.05, 4.69) is 9.71 Å². The van der Waals surface area contributed by atoms with Crippen molar-refractivity contribution >= 4 is 21.6 Å². The summed E-state index contributed by atoms with van der Waals surface area (Å²) in [6.07, 6.45) is -1.81. The minimum Gasteiger partial charge on any atom is -0.444 e. The molecule has 1 aromatic heterocycles. The molecule has 2 N–H and O–H groups in total. The van der Waals surface area contributed by atoms with E-state index in [1.54, 1.807) is 23.5 Å². The molecule has 0 radical (unpaired) electrons. The van der Waals surface area contributed by atoms with Crippen LogP contribution in [0.5, 0.6) is 0 Å². The Balaban J connectivity index is 1.73. The Morgan fingerprint density at radius 1 is 1.10 bits per heavy atom. The van der Waals surface area contributed by atoms with Crippen LogP contribution in [0.3, 0.4) is 0 Å². The lowest BCUT2D eigenvalue weighted by Crippen LogP contribution is -2.33. The zero-order valence-corrected chi connectivity index (χ0v) is 15.4. The van der Waals surface area contributed by atoms with Gasteiger partial charge in [0.2, 0.25) is 0 Å². The van der Waals surface area contributed by atoms with Crippen LogP contribution >= 0.6 is 0 Å². The van der Waals surface area contributed by atoms with Crippen LogP contribution in [0.15, 0.2) is 70.4 Å². The predicted octanol–water partition coefficient (Wildman–Crippen LogP) is 3.43. The fraction of sp³-hybridized carbons (Fsp3) is 0.111. The highest BCUT2D eigenvalue weighted by Gasteiger charge is 2.28. The second-order valence-electron chi connectivity index (χ2n) is 5.87. The summed E-state index contributed by atoms with van der Waals surface area (Å²) in [4.78, 5) is 15.3. The number of nitrogens with zero attached hydrogens (tertiary/aromatic N) is 1. The van der Waals surface area contributed by atoms with Crippen molar-refractivity contribution in [2.75, 3.05) is 11.3 Å². The number of nitrogens with one attached hydrogen (secondary N) is 2. The number of oxazole rings is 1. The second-order valence-corrected chi connectivity index (χ2v) is 7.56. The molecule has 0 aliphatic rings. The number of anilines is 1. The van der Waals surface area contributed by atoms with Crippen molar-refractivity contribution in [1.82, 2.24) is 10.3 Å². The van der Waals surface area contributed by atoms with Crippen molar-refractivity contribution in [2.45, 2.75) is 11.1 Å². The number of benzene rings is 2. The number of aromatic nitrogens is 1. The number of alkyl halides is 3. The highest BCUT2D eigenvalue weighted by atomic mass is 32.2. The van der Waals surface area contributed by atoms with Gasteiger partial charge in [0.05, 0.1) is 11.1 Å². The lowest BCUT2D eigenvalue weighted by Gasteiger charge is -2.10. The van der Waals surface area contributed by atoms with Gasteiger partial charge in [-0.2, -0.15) is 13.2 Å². The minimum atomic E-state index is -4.54. The number of carbonyl (C=O) groups is 1. The number of hydrogen-bond acceptors (Lipinski definition) is 5. The van der Waals surface area contributed by atoms with Gasteiger partial charge in [-0.05, 0) is 36.4 Å². The molecular weight excluding hydrogens is 411 g/mol. The highest BCUT2D eigenvalue weighted by molar-refractivity contribution is 7.92. The van der Waals surface area contributed by atoms with Crippen LogP contribution in [0, 0.1) is 0 Å². The molecule has 0 bridgehead atoms. The van der Waals surface area contributed by atoms with Gasteiger partial charge in [-0.3, -0.25) is 9.52 Å². The quantitative estimate of drug-likeness (QED) is 0.630. The molecule has 0 aliphatic carbocycles. The Bertz CT molecular complexity index is 1100. The maximum absolute atomic E-state index is 12.5. The molecule has 0 spiro atoms. The monoisotopic (exact) mass is 425 g/mol. The third kappa shape index (κ3) is 5.35. The topological polar surface area (TPSA) is 101 Å². The Labute approximate surface area is 163 Å². The lowest BCUT2D eigenvalue weighted by atomic mass is 10.2. The first-order chi connectivity index (χ1) is 13.6. The van der Waals surface area contributed by atoms with Crippen molar-refractivity contribution < 1.29 is 30.8 Å². The zero-order valence-electron chi connectivity index (χ0n) is 14.6. The molecule has 0 saturated carbocycles. The average Bonchev–Trinajstić information content (AvgIpc) is 3.20. The van der Waals surface area contributed by atoms with Gasteiger partial charge in [-0.1, -0.05) is 12.1 Å². The van der Waals surface area contributed by atoms with Crippen molar-refractivity contribution in [1.29, 1.82) is 0 Å². The van der Waals surface area contributed by atoms with Crippen molar-refractivity contribution in [3.8, 4) is 11.3 Å². The number of halogens is 3. The van der Waals surface area contributed by atoms with E-state index < -0.39 is 28.7 Å². The standard InChI is InChI=1S/C18H14F3N3O4S/c19-18(20,21)10-23-17(25)12-4-6-15(7-5-12)29(26,27)24-14-3-1-2-13(8-14)16-9-22-11-28-16/h1-9,11,24H,10H2,(H,23,25). The Morgan fingerprint density at radius 2 is 1.83 bits per heavy atom. The number of carbonyl (C=O) groups excluding carboxylic acids is 1. The van der Waals surface area contributed by atoms with Gasteiger partial charge >= 0.3 is 6.18 Å². The van der Waals surface area contributed by atoms with E-state index in [1.807, 2.05) is 0 Å². The van der Waals surface area contributed by atoms with Gasteiger partial charge in [0, 0.05) is 16.8 Å². The average molecular weight is 425 g/mol. The van der Waals surface area contributed by atoms with E-state index in [0.717, 1.165) is 24.3 Å². The van der Waals surface area contributed by atoms with E-state index in [4.69, 9.17) is 4.42 Å². The molecule has 0 saturated heterocycles. The van der Waals surface area contributed by atoms with Gasteiger partial charge < -0.3 is 9.73 Å². The summed E-state index contributed by atoms with van der Waals surface area (Å²) in [5.74, 6) is -0.501. The van der Waals surface area contributed by atoms with Crippen LogP contribution in [-0.4, -0.2) is 32.0 Å². The molecule has 1 heterocycles. The Morgan fingerprint density at radius 3 is 2.45 bits per heavy atom. The molecule has 2 aromatic carbocycles. The summed E-state index contributed by atoms with van der Waals surface area (Å²) in [6, 6.07) is 11.0. The molecular formula is C18H14F3N3O4S. The van der Waals surface area contributed by atoms with Crippen LogP contribution < -0.4 is 10.0 Å². The maximum atomic E-state index is 12.5. The molecule has 0 atom stereocenters. The fourth-order valence-electron chi connectivity index (χ4n) is 2.38. The van der Waals surface area contributed by atoms with Crippen LogP contribution in [0.25, 0.3) is 11.3 Å². The van der Waals surface area contributed by atoms with Crippen LogP contribution in [0.1, 0.15) is 10.4 Å². The largest absolute Gasteiger partial charge is 0.444 e. The van der Waals surface area contributed by atoms with Crippen LogP contribution in [0.2, 0.25) is 0 Å². The van der Waals surface area contributed by atoms with Crippen molar-refractivity contribution in [3.05, 3.63) is 66.7 Å². The molecule has 0 unspecified atom stereocenters. The molecule has 7 nitrogen and oxygen atoms in total. The summed E-state index contributed by atoms with van der Waals surface area (Å²) in [7, 11) is -3.98. The van der Waals surface area contributed by atoms with Gasteiger partial charge in [0.1, 0.15) is 6.54 Å². The van der Waals surface area contributed by atoms with Crippen LogP contribution in [-0.2, 0) is 10.0 Å². The molecule has 0 fully saturated rings. The summed E-state index contributed by atoms with van der Waals surface area (Å²) >= 11 is 0. The normalized spacial score (nSPS) is 11.8. The molecule has 152 valence electrons. The van der Waals surface area contributed by atoms with Gasteiger partial charge in [-0.25, -0.2) is 13.4 Å². The summed E-state index contributed by atoms with van der Waals surface area (Å²) in [5, 5.41) is 1.71. The van der Waals surface area contributed by atoms with E-state index >= 15 is 0 Å². The first-order valence-electron chi connectivity index (χ1n) is 8.11. The smallest absolute Gasteiger partial charge is 0.405 e. The summed E-state index contributed by atoms with van der Waals surface area (Å²) in [5.41, 5.74) is 0.783. The van der Waals surface area contributed by atoms with Crippen LogP contribution in [0.4, 0.5) is 18.9 Å².